The van der Waals surface area contributed by atoms with Crippen LogP contribution in [0.15, 0.2) is 69.0 Å². The lowest BCUT2D eigenvalue weighted by atomic mass is 10.3. The predicted molar refractivity (Wildman–Crippen MR) is 142 cm³/mol. The molecule has 0 unspecified atom stereocenters. The van der Waals surface area contributed by atoms with E-state index in [0.29, 0.717) is 21.6 Å². The topological polar surface area (TPSA) is 101 Å². The maximum absolute atomic E-state index is 5.28. The second-order valence-corrected chi connectivity index (χ2v) is 7.63. The van der Waals surface area contributed by atoms with Gasteiger partial charge in [0.15, 0.2) is 10.2 Å². The van der Waals surface area contributed by atoms with Crippen molar-refractivity contribution in [3.05, 3.63) is 48.5 Å². The first-order valence-corrected chi connectivity index (χ1v) is 10.5. The minimum atomic E-state index is 0.353. The highest BCUT2D eigenvalue weighted by atomic mass is 32.1. The summed E-state index contributed by atoms with van der Waals surface area (Å²) in [6.07, 6.45) is 0. The third kappa shape index (κ3) is 8.36. The second-order valence-electron chi connectivity index (χ2n) is 6.81. The maximum atomic E-state index is 5.28. The normalized spacial score (nSPS) is 11.8. The minimum absolute atomic E-state index is 0.353. The number of hydrogen-bond acceptors (Lipinski definition) is 7. The Morgan fingerprint density at radius 3 is 1.69 bits per heavy atom. The van der Waals surface area contributed by atoms with Crippen LogP contribution in [-0.4, -0.2) is 42.8 Å². The number of nitrogens with one attached hydrogen (secondary N) is 4. The van der Waals surface area contributed by atoms with E-state index in [-0.39, 0.29) is 0 Å². The smallest absolute Gasteiger partial charge is 0.191 e. The fourth-order valence-electron chi connectivity index (χ4n) is 2.19. The second kappa shape index (κ2) is 12.4. The molecule has 0 saturated heterocycles. The summed E-state index contributed by atoms with van der Waals surface area (Å²) in [6, 6.07) is 15.3. The minimum Gasteiger partial charge on any atom is -0.378 e. The van der Waals surface area contributed by atoms with E-state index in [4.69, 9.17) is 24.4 Å². The van der Waals surface area contributed by atoms with Gasteiger partial charge in [0.05, 0.1) is 22.8 Å². The molecule has 0 heterocycles. The summed E-state index contributed by atoms with van der Waals surface area (Å²) in [4.78, 5) is 2.03. The summed E-state index contributed by atoms with van der Waals surface area (Å²) in [5.41, 5.74) is 10.3. The van der Waals surface area contributed by atoms with Crippen LogP contribution in [0, 0.1) is 0 Å². The zero-order valence-electron chi connectivity index (χ0n) is 18.7. The molecule has 0 amide bonds. The number of nitrogens with zero attached hydrogens (tertiary/aromatic N) is 5. The lowest BCUT2D eigenvalue weighted by Crippen LogP contribution is -2.30. The van der Waals surface area contributed by atoms with E-state index in [2.05, 4.69) is 41.9 Å². The fourth-order valence-corrected chi connectivity index (χ4v) is 2.40. The van der Waals surface area contributed by atoms with Gasteiger partial charge in [-0.25, -0.2) is 0 Å². The number of azo groups is 1. The van der Waals surface area contributed by atoms with E-state index in [0.717, 1.165) is 22.7 Å². The van der Waals surface area contributed by atoms with E-state index in [1.54, 1.807) is 7.05 Å². The molecule has 0 fully saturated rings. The van der Waals surface area contributed by atoms with Crippen LogP contribution in [0.2, 0.25) is 0 Å². The van der Waals surface area contributed by atoms with E-state index in [9.17, 15) is 0 Å². The molecule has 9 nitrogen and oxygen atoms in total. The Hall–Kier alpha value is -3.44. The van der Waals surface area contributed by atoms with Gasteiger partial charge in [0.1, 0.15) is 0 Å². The maximum Gasteiger partial charge on any atom is 0.191 e. The lowest BCUT2D eigenvalue weighted by Gasteiger charge is -2.11. The molecular formula is C21H27N9S2. The summed E-state index contributed by atoms with van der Waals surface area (Å²) in [5.74, 6) is 0. The van der Waals surface area contributed by atoms with Crippen LogP contribution in [-0.2, 0) is 0 Å². The van der Waals surface area contributed by atoms with Crippen LogP contribution >= 0.6 is 24.4 Å². The molecule has 2 aromatic carbocycles. The SMILES string of the molecule is CNC(=S)N/N=C(C)/C(C)=N\NC(=S)Nc1ccc(N=Nc2ccc(N(C)C)cc2)cc1. The summed E-state index contributed by atoms with van der Waals surface area (Å²) in [6.45, 7) is 3.62. The molecule has 0 aromatic heterocycles. The van der Waals surface area contributed by atoms with Gasteiger partial charge in [-0.2, -0.15) is 20.4 Å². The molecule has 32 heavy (non-hydrogen) atoms. The molecular weight excluding hydrogens is 442 g/mol. The van der Waals surface area contributed by atoms with Crippen LogP contribution in [0.3, 0.4) is 0 Å². The van der Waals surface area contributed by atoms with Gasteiger partial charge in [-0.3, -0.25) is 10.9 Å². The monoisotopic (exact) mass is 469 g/mol. The average molecular weight is 470 g/mol. The first-order chi connectivity index (χ1) is 15.3. The average Bonchev–Trinajstić information content (AvgIpc) is 2.80. The highest BCUT2D eigenvalue weighted by molar-refractivity contribution is 7.80. The highest BCUT2D eigenvalue weighted by Crippen LogP contribution is 2.22. The van der Waals surface area contributed by atoms with Crippen molar-refractivity contribution in [1.82, 2.24) is 16.2 Å². The number of anilines is 2. The molecule has 0 aliphatic rings. The Morgan fingerprint density at radius 1 is 0.750 bits per heavy atom. The molecule has 0 radical (unpaired) electrons. The van der Waals surface area contributed by atoms with Crippen molar-refractivity contribution in [3.63, 3.8) is 0 Å². The molecule has 0 atom stereocenters. The Morgan fingerprint density at radius 2 is 1.22 bits per heavy atom. The van der Waals surface area contributed by atoms with Crippen molar-refractivity contribution < 1.29 is 0 Å². The predicted octanol–water partition coefficient (Wildman–Crippen LogP) is 4.30. The van der Waals surface area contributed by atoms with Crippen molar-refractivity contribution in [2.75, 3.05) is 31.4 Å². The van der Waals surface area contributed by atoms with E-state index >= 15 is 0 Å². The van der Waals surface area contributed by atoms with E-state index in [1.807, 2.05) is 81.4 Å². The number of thiocarbonyl (C=S) groups is 2. The quantitative estimate of drug-likeness (QED) is 0.208. The zero-order chi connectivity index (χ0) is 23.5. The molecule has 2 rings (SSSR count). The number of rotatable bonds is 7. The number of benzene rings is 2. The molecule has 11 heteroatoms. The van der Waals surface area contributed by atoms with Gasteiger partial charge in [-0.05, 0) is 86.8 Å². The third-order valence-corrected chi connectivity index (χ3v) is 4.66. The van der Waals surface area contributed by atoms with Crippen molar-refractivity contribution in [3.8, 4) is 0 Å². The molecule has 2 aromatic rings. The standard InChI is InChI=1S/C21H27N9S2/c1-14(24-28-20(31)22-3)15(2)25-29-21(32)23-16-6-8-17(9-7-16)26-27-18-10-12-19(13-11-18)30(4)5/h6-13H,1-5H3,(H2,22,28,31)(H2,23,29,32)/b24-14+,25-15-,27-26?. The van der Waals surface area contributed by atoms with Gasteiger partial charge < -0.3 is 15.5 Å². The fraction of sp³-hybridized carbons (Fsp3) is 0.238. The Bertz CT molecular complexity index is 1010. The van der Waals surface area contributed by atoms with Crippen LogP contribution in [0.25, 0.3) is 0 Å². The highest BCUT2D eigenvalue weighted by Gasteiger charge is 2.01. The Kier molecular flexibility index (Phi) is 9.64. The summed E-state index contributed by atoms with van der Waals surface area (Å²) >= 11 is 10.3. The molecule has 0 bridgehead atoms. The summed E-state index contributed by atoms with van der Waals surface area (Å²) in [7, 11) is 5.71. The summed E-state index contributed by atoms with van der Waals surface area (Å²) < 4.78 is 0. The van der Waals surface area contributed by atoms with Crippen LogP contribution < -0.4 is 26.4 Å². The lowest BCUT2D eigenvalue weighted by molar-refractivity contribution is 0.974. The van der Waals surface area contributed by atoms with Crippen molar-refractivity contribution in [2.45, 2.75) is 13.8 Å². The Balaban J connectivity index is 1.88. The van der Waals surface area contributed by atoms with Gasteiger partial charge in [-0.15, -0.1) is 0 Å². The van der Waals surface area contributed by atoms with E-state index < -0.39 is 0 Å². The van der Waals surface area contributed by atoms with Crippen LogP contribution in [0.1, 0.15) is 13.8 Å². The van der Waals surface area contributed by atoms with Crippen LogP contribution in [0.4, 0.5) is 22.7 Å². The first-order valence-electron chi connectivity index (χ1n) is 9.71. The van der Waals surface area contributed by atoms with E-state index in [1.165, 1.54) is 0 Å². The molecule has 0 aliphatic carbocycles. The molecule has 0 spiro atoms. The third-order valence-electron chi connectivity index (χ3n) is 4.17. The zero-order valence-corrected chi connectivity index (χ0v) is 20.3. The Labute approximate surface area is 199 Å². The first kappa shape index (κ1) is 24.8. The van der Waals surface area contributed by atoms with Crippen LogP contribution in [0.5, 0.6) is 0 Å². The van der Waals surface area contributed by atoms with Gasteiger partial charge in [0.25, 0.3) is 0 Å². The molecule has 0 saturated carbocycles. The van der Waals surface area contributed by atoms with Gasteiger partial charge in [-0.1, -0.05) is 0 Å². The van der Waals surface area contributed by atoms with Crippen molar-refractivity contribution in [2.24, 2.45) is 20.4 Å². The summed E-state index contributed by atoms with van der Waals surface area (Å²) in [5, 5.41) is 23.5. The molecule has 4 N–H and O–H groups in total. The van der Waals surface area contributed by atoms with Crippen molar-refractivity contribution in [1.29, 1.82) is 0 Å². The van der Waals surface area contributed by atoms with Gasteiger partial charge >= 0.3 is 0 Å². The largest absolute Gasteiger partial charge is 0.378 e. The van der Waals surface area contributed by atoms with Crippen molar-refractivity contribution >= 4 is 68.8 Å². The van der Waals surface area contributed by atoms with Gasteiger partial charge in [0, 0.05) is 32.5 Å². The number of hydrazone groups is 2. The molecule has 0 aliphatic heterocycles. The molecule has 168 valence electrons. The van der Waals surface area contributed by atoms with Gasteiger partial charge in [0.2, 0.25) is 0 Å². The number of hydrogen-bond donors (Lipinski definition) is 4.